The Kier molecular flexibility index (Phi) is 3.34. The fourth-order valence-electron chi connectivity index (χ4n) is 5.17. The van der Waals surface area contributed by atoms with Crippen LogP contribution >= 0.6 is 0 Å². The van der Waals surface area contributed by atoms with Gasteiger partial charge < -0.3 is 4.84 Å². The third kappa shape index (κ3) is 2.08. The Balaban J connectivity index is 1.94. The van der Waals surface area contributed by atoms with E-state index in [2.05, 4.69) is 12.2 Å². The van der Waals surface area contributed by atoms with Crippen LogP contribution < -0.4 is 0 Å². The third-order valence-corrected chi connectivity index (χ3v) is 5.61. The molecule has 0 aromatic rings. The first-order chi connectivity index (χ1) is 9.91. The lowest BCUT2D eigenvalue weighted by molar-refractivity contribution is -0.770. The lowest BCUT2D eigenvalue weighted by atomic mass is 9.77. The predicted molar refractivity (Wildman–Crippen MR) is 72.5 cm³/mol. The second kappa shape index (κ2) is 4.93. The van der Waals surface area contributed by atoms with Crippen LogP contribution in [0.5, 0.6) is 0 Å². The van der Waals surface area contributed by atoms with Crippen LogP contribution in [0.15, 0.2) is 12.2 Å². The number of rotatable bonds is 5. The van der Waals surface area contributed by atoms with E-state index < -0.39 is 17.1 Å². The molecule has 0 aromatic heterocycles. The minimum atomic E-state index is -0.743. The van der Waals surface area contributed by atoms with Crippen LogP contribution in [-0.4, -0.2) is 22.8 Å². The average Bonchev–Trinajstić information content (AvgIpc) is 2.98. The van der Waals surface area contributed by atoms with Crippen molar-refractivity contribution >= 4 is 11.6 Å². The van der Waals surface area contributed by atoms with E-state index in [1.165, 1.54) is 13.8 Å². The minimum Gasteiger partial charge on any atom is -0.310 e. The van der Waals surface area contributed by atoms with Gasteiger partial charge in [-0.05, 0) is 56.3 Å². The number of hydrogen-bond donors (Lipinski definition) is 0. The molecule has 2 saturated carbocycles. The Morgan fingerprint density at radius 3 is 2.52 bits per heavy atom. The molecular formula is C15H19NO5. The van der Waals surface area contributed by atoms with E-state index in [-0.39, 0.29) is 35.2 Å². The van der Waals surface area contributed by atoms with Crippen molar-refractivity contribution in [1.82, 2.24) is 0 Å². The molecule has 2 bridgehead atoms. The summed E-state index contributed by atoms with van der Waals surface area (Å²) in [5, 5.41) is 9.96. The normalized spacial score (nSPS) is 39.6. The first-order valence-corrected chi connectivity index (χ1v) is 7.40. The van der Waals surface area contributed by atoms with E-state index in [9.17, 15) is 19.7 Å². The number of Topliss-reactive ketones (excluding diaryl/α,β-unsaturated/α-hetero) is 2. The Hall–Kier alpha value is -1.72. The van der Waals surface area contributed by atoms with Crippen molar-refractivity contribution in [2.45, 2.75) is 32.8 Å². The van der Waals surface area contributed by atoms with Crippen LogP contribution in [-0.2, 0) is 14.4 Å². The van der Waals surface area contributed by atoms with Gasteiger partial charge in [-0.2, -0.15) is 0 Å². The smallest absolute Gasteiger partial charge is 0.294 e. The van der Waals surface area contributed by atoms with Crippen LogP contribution in [0.25, 0.3) is 0 Å². The number of carbonyl (C=O) groups excluding carboxylic acids is 2. The van der Waals surface area contributed by atoms with Gasteiger partial charge in [-0.1, -0.05) is 12.2 Å². The van der Waals surface area contributed by atoms with Crippen molar-refractivity contribution in [2.24, 2.45) is 35.5 Å². The topological polar surface area (TPSA) is 86.5 Å². The number of carbonyl (C=O) groups is 2. The first kappa shape index (κ1) is 14.2. The van der Waals surface area contributed by atoms with Gasteiger partial charge in [-0.25, -0.2) is 0 Å². The molecule has 21 heavy (non-hydrogen) atoms. The molecule has 6 atom stereocenters. The average molecular weight is 293 g/mol. The van der Waals surface area contributed by atoms with Crippen molar-refractivity contribution in [3.63, 3.8) is 0 Å². The Morgan fingerprint density at radius 1 is 1.29 bits per heavy atom. The number of hydrogen-bond acceptors (Lipinski definition) is 5. The molecule has 0 saturated heterocycles. The van der Waals surface area contributed by atoms with E-state index in [4.69, 9.17) is 4.84 Å². The summed E-state index contributed by atoms with van der Waals surface area (Å²) in [5.41, 5.74) is 0. The molecule has 3 aliphatic carbocycles. The summed E-state index contributed by atoms with van der Waals surface area (Å²) >= 11 is 0. The molecular weight excluding hydrogens is 274 g/mol. The predicted octanol–water partition coefficient (Wildman–Crippen LogP) is 1.82. The van der Waals surface area contributed by atoms with Crippen molar-refractivity contribution in [2.75, 3.05) is 0 Å². The van der Waals surface area contributed by atoms with Gasteiger partial charge in [0.15, 0.2) is 0 Å². The first-order valence-electron chi connectivity index (χ1n) is 7.40. The maximum Gasteiger partial charge on any atom is 0.294 e. The zero-order chi connectivity index (χ0) is 15.3. The number of nitrogens with zero attached hydrogens (tertiary/aromatic N) is 1. The summed E-state index contributed by atoms with van der Waals surface area (Å²) in [7, 11) is 0. The quantitative estimate of drug-likeness (QED) is 0.334. The molecule has 114 valence electrons. The highest BCUT2D eigenvalue weighted by Gasteiger charge is 2.62. The fourth-order valence-corrected chi connectivity index (χ4v) is 5.17. The Morgan fingerprint density at radius 2 is 1.95 bits per heavy atom. The Bertz CT molecular complexity index is 514. The zero-order valence-electron chi connectivity index (χ0n) is 12.1. The fraction of sp³-hybridized carbons (Fsp3) is 0.733. The van der Waals surface area contributed by atoms with Crippen molar-refractivity contribution in [3.05, 3.63) is 22.3 Å². The number of allylic oxidation sites excluding steroid dienone is 2. The molecule has 6 nitrogen and oxygen atoms in total. The monoisotopic (exact) mass is 293 g/mol. The summed E-state index contributed by atoms with van der Waals surface area (Å²) in [6, 6.07) is 0. The highest BCUT2D eigenvalue weighted by molar-refractivity contribution is 6.00. The largest absolute Gasteiger partial charge is 0.310 e. The summed E-state index contributed by atoms with van der Waals surface area (Å²) in [5.74, 6) is -0.321. The van der Waals surface area contributed by atoms with Gasteiger partial charge in [0, 0.05) is 0 Å². The van der Waals surface area contributed by atoms with E-state index >= 15 is 0 Å². The van der Waals surface area contributed by atoms with Crippen LogP contribution in [0.2, 0.25) is 0 Å². The lowest BCUT2D eigenvalue weighted by Gasteiger charge is -2.29. The number of ketones is 2. The van der Waals surface area contributed by atoms with Gasteiger partial charge in [0.1, 0.15) is 17.7 Å². The van der Waals surface area contributed by atoms with Gasteiger partial charge >= 0.3 is 0 Å². The molecule has 0 heterocycles. The Labute approximate surface area is 122 Å². The van der Waals surface area contributed by atoms with Gasteiger partial charge in [-0.3, -0.25) is 9.59 Å². The van der Waals surface area contributed by atoms with E-state index in [1.54, 1.807) is 0 Å². The van der Waals surface area contributed by atoms with E-state index in [1.807, 2.05) is 0 Å². The van der Waals surface area contributed by atoms with Crippen LogP contribution in [0.3, 0.4) is 0 Å². The molecule has 0 aromatic carbocycles. The van der Waals surface area contributed by atoms with Crippen LogP contribution in [0.1, 0.15) is 26.7 Å². The van der Waals surface area contributed by atoms with Crippen molar-refractivity contribution < 1.29 is 19.5 Å². The highest BCUT2D eigenvalue weighted by atomic mass is 17.0. The van der Waals surface area contributed by atoms with Crippen LogP contribution in [0.4, 0.5) is 0 Å². The van der Waals surface area contributed by atoms with Crippen LogP contribution in [0, 0.1) is 45.6 Å². The molecule has 0 N–H and O–H groups in total. The van der Waals surface area contributed by atoms with Gasteiger partial charge in [0.2, 0.25) is 0 Å². The van der Waals surface area contributed by atoms with E-state index in [0.717, 1.165) is 6.42 Å². The van der Waals surface area contributed by atoms with Gasteiger partial charge in [0.25, 0.3) is 5.09 Å². The second-order valence-corrected chi connectivity index (χ2v) is 6.53. The van der Waals surface area contributed by atoms with Gasteiger partial charge in [-0.15, -0.1) is 10.1 Å². The molecule has 3 aliphatic rings. The molecule has 3 rings (SSSR count). The summed E-state index contributed by atoms with van der Waals surface area (Å²) in [6.07, 6.45) is 5.23. The van der Waals surface area contributed by atoms with Crippen molar-refractivity contribution in [3.8, 4) is 0 Å². The maximum atomic E-state index is 11.9. The molecule has 2 fully saturated rings. The zero-order valence-corrected chi connectivity index (χ0v) is 12.1. The second-order valence-electron chi connectivity index (χ2n) is 6.53. The molecule has 0 radical (unpaired) electrons. The number of fused-ring (bicyclic) bond motifs is 5. The molecule has 6 heteroatoms. The van der Waals surface area contributed by atoms with E-state index in [0.29, 0.717) is 12.3 Å². The molecule has 0 amide bonds. The molecule has 0 aliphatic heterocycles. The lowest BCUT2D eigenvalue weighted by Crippen LogP contribution is -2.35. The summed E-state index contributed by atoms with van der Waals surface area (Å²) in [4.78, 5) is 39.4. The summed E-state index contributed by atoms with van der Waals surface area (Å²) < 4.78 is 0. The third-order valence-electron chi connectivity index (χ3n) is 5.61. The highest BCUT2D eigenvalue weighted by Crippen LogP contribution is 2.62. The summed E-state index contributed by atoms with van der Waals surface area (Å²) in [6.45, 7) is 2.89. The minimum absolute atomic E-state index is 0.0954. The SMILES string of the molecule is CC(=O)C(C(C)=O)[C@H]1[C@H]2C[C@@H](O[N+](=O)[O-])[C@@H]1[C@H]1C=CC[C@H]12. The van der Waals surface area contributed by atoms with Crippen molar-refractivity contribution in [1.29, 1.82) is 0 Å². The standard InChI is InChI=1S/C15H19NO5/c1-7(17)13(8(2)18)15-11-6-12(21-16(19)20)14(15)10-5-3-4-9(10)11/h3,5,9-15H,4,6H2,1-2H3/t9-,10+,11+,12-,14+,15-/m1/s1. The molecule has 0 unspecified atom stereocenters. The maximum absolute atomic E-state index is 11.9. The molecule has 0 spiro atoms. The van der Waals surface area contributed by atoms with Gasteiger partial charge in [0.05, 0.1) is 5.92 Å².